The van der Waals surface area contributed by atoms with E-state index in [0.29, 0.717) is 19.6 Å². The van der Waals surface area contributed by atoms with Gasteiger partial charge in [-0.1, -0.05) is 0 Å². The molecular weight excluding hydrogens is 263 g/mol. The van der Waals surface area contributed by atoms with Gasteiger partial charge in [0.2, 0.25) is 11.9 Å². The summed E-state index contributed by atoms with van der Waals surface area (Å²) in [4.78, 5) is 19.7. The van der Waals surface area contributed by atoms with Crippen LogP contribution in [0.15, 0.2) is 6.07 Å². The zero-order valence-electron chi connectivity index (χ0n) is 9.87. The van der Waals surface area contributed by atoms with Crippen molar-refractivity contribution in [3.8, 4) is 0 Å². The number of nitrogens with two attached hydrogens (primary N) is 1. The van der Waals surface area contributed by atoms with E-state index < -0.39 is 17.8 Å². The summed E-state index contributed by atoms with van der Waals surface area (Å²) in [6.07, 6.45) is -4.38. The molecule has 1 aromatic heterocycles. The minimum absolute atomic E-state index is 0.0799. The molecule has 1 aromatic rings. The van der Waals surface area contributed by atoms with Gasteiger partial charge in [0.15, 0.2) is 5.69 Å². The van der Waals surface area contributed by atoms with E-state index in [1.54, 1.807) is 4.90 Å². The van der Waals surface area contributed by atoms with Gasteiger partial charge in [0.1, 0.15) is 5.82 Å². The predicted molar refractivity (Wildman–Crippen MR) is 61.3 cm³/mol. The normalized spacial score (nSPS) is 17.0. The average Bonchev–Trinajstić information content (AvgIpc) is 2.52. The smallest absolute Gasteiger partial charge is 0.368 e. The van der Waals surface area contributed by atoms with Crippen LogP contribution in [0.1, 0.15) is 12.1 Å². The monoisotopic (exact) mass is 275 g/mol. The molecule has 0 unspecified atom stereocenters. The quantitative estimate of drug-likeness (QED) is 0.775. The lowest BCUT2D eigenvalue weighted by Gasteiger charge is -2.21. The highest BCUT2D eigenvalue weighted by molar-refractivity contribution is 5.77. The minimum atomic E-state index is -4.58. The maximum atomic E-state index is 12.6. The Hall–Kier alpha value is -2.06. The van der Waals surface area contributed by atoms with Gasteiger partial charge in [-0.2, -0.15) is 18.2 Å². The number of rotatable bonds is 1. The molecule has 6 nitrogen and oxygen atoms in total. The Bertz CT molecular complexity index is 491. The van der Waals surface area contributed by atoms with E-state index in [4.69, 9.17) is 5.73 Å². The molecule has 1 saturated heterocycles. The van der Waals surface area contributed by atoms with E-state index in [1.807, 2.05) is 0 Å². The molecule has 0 spiro atoms. The lowest BCUT2D eigenvalue weighted by atomic mass is 10.3. The van der Waals surface area contributed by atoms with Crippen molar-refractivity contribution in [1.29, 1.82) is 0 Å². The molecule has 1 aliphatic heterocycles. The van der Waals surface area contributed by atoms with Crippen LogP contribution in [0.3, 0.4) is 0 Å². The van der Waals surface area contributed by atoms with Gasteiger partial charge in [-0.15, -0.1) is 0 Å². The number of aromatic nitrogens is 2. The largest absolute Gasteiger partial charge is 0.433 e. The van der Waals surface area contributed by atoms with Gasteiger partial charge in [0.05, 0.1) is 0 Å². The van der Waals surface area contributed by atoms with Gasteiger partial charge >= 0.3 is 6.18 Å². The molecule has 1 fully saturated rings. The van der Waals surface area contributed by atoms with Crippen LogP contribution in [0.5, 0.6) is 0 Å². The van der Waals surface area contributed by atoms with Gasteiger partial charge < -0.3 is 16.0 Å². The van der Waals surface area contributed by atoms with Crippen molar-refractivity contribution in [2.24, 2.45) is 0 Å². The van der Waals surface area contributed by atoms with Crippen LogP contribution in [0.4, 0.5) is 24.9 Å². The zero-order chi connectivity index (χ0) is 14.0. The third kappa shape index (κ3) is 3.24. The fourth-order valence-electron chi connectivity index (χ4n) is 1.76. The summed E-state index contributed by atoms with van der Waals surface area (Å²) in [5, 5.41) is 2.63. The Morgan fingerprint density at radius 1 is 1.32 bits per heavy atom. The van der Waals surface area contributed by atoms with Crippen LogP contribution >= 0.6 is 0 Å². The minimum Gasteiger partial charge on any atom is -0.368 e. The highest BCUT2D eigenvalue weighted by atomic mass is 19.4. The van der Waals surface area contributed by atoms with Crippen molar-refractivity contribution in [2.45, 2.75) is 12.6 Å². The molecule has 0 aliphatic carbocycles. The summed E-state index contributed by atoms with van der Waals surface area (Å²) in [5.41, 5.74) is 4.21. The number of halogens is 3. The SMILES string of the molecule is Nc1nc(N2CCNC(=O)CC2)cc(C(F)(F)F)n1. The van der Waals surface area contributed by atoms with Gasteiger partial charge in [0.25, 0.3) is 0 Å². The Kier molecular flexibility index (Phi) is 3.45. The highest BCUT2D eigenvalue weighted by Crippen LogP contribution is 2.30. The number of hydrogen-bond acceptors (Lipinski definition) is 5. The second-order valence-corrected chi connectivity index (χ2v) is 4.05. The van der Waals surface area contributed by atoms with Crippen LogP contribution in [0, 0.1) is 0 Å². The summed E-state index contributed by atoms with van der Waals surface area (Å²) in [7, 11) is 0. The van der Waals surface area contributed by atoms with Crippen molar-refractivity contribution >= 4 is 17.7 Å². The number of hydrogen-bond donors (Lipinski definition) is 2. The highest BCUT2D eigenvalue weighted by Gasteiger charge is 2.34. The van der Waals surface area contributed by atoms with Crippen molar-refractivity contribution in [1.82, 2.24) is 15.3 Å². The lowest BCUT2D eigenvalue weighted by Crippen LogP contribution is -2.29. The number of anilines is 2. The van der Waals surface area contributed by atoms with Crippen molar-refractivity contribution in [3.63, 3.8) is 0 Å². The molecule has 1 amide bonds. The van der Waals surface area contributed by atoms with Crippen LogP contribution in [0.2, 0.25) is 0 Å². The van der Waals surface area contributed by atoms with E-state index in [-0.39, 0.29) is 18.1 Å². The number of nitrogens with zero attached hydrogens (tertiary/aromatic N) is 3. The number of amides is 1. The Labute approximate surface area is 106 Å². The molecule has 2 rings (SSSR count). The topological polar surface area (TPSA) is 84.1 Å². The molecule has 19 heavy (non-hydrogen) atoms. The molecule has 9 heteroatoms. The summed E-state index contributed by atoms with van der Waals surface area (Å²) in [5.74, 6) is -0.495. The first-order valence-electron chi connectivity index (χ1n) is 5.59. The van der Waals surface area contributed by atoms with Crippen LogP contribution in [0.25, 0.3) is 0 Å². The standard InChI is InChI=1S/C10H12F3N5O/c11-10(12,13)6-5-7(17-9(14)16-6)18-3-1-8(19)15-2-4-18/h5H,1-4H2,(H,15,19)(H2,14,16,17). The Morgan fingerprint density at radius 2 is 2.05 bits per heavy atom. The first-order chi connectivity index (χ1) is 8.86. The molecule has 0 saturated carbocycles. The number of carbonyl (C=O) groups excluding carboxylic acids is 1. The maximum absolute atomic E-state index is 12.6. The van der Waals surface area contributed by atoms with Crippen molar-refractivity contribution in [2.75, 3.05) is 30.3 Å². The van der Waals surface area contributed by atoms with E-state index in [2.05, 4.69) is 15.3 Å². The fraction of sp³-hybridized carbons (Fsp3) is 0.500. The first-order valence-corrected chi connectivity index (χ1v) is 5.59. The van der Waals surface area contributed by atoms with Gasteiger partial charge in [-0.05, 0) is 0 Å². The van der Waals surface area contributed by atoms with Crippen molar-refractivity contribution < 1.29 is 18.0 Å². The molecular formula is C10H12F3N5O. The molecule has 1 aliphatic rings. The first kappa shape index (κ1) is 13.4. The second-order valence-electron chi connectivity index (χ2n) is 4.05. The summed E-state index contributed by atoms with van der Waals surface area (Å²) in [6, 6.07) is 0.839. The van der Waals surface area contributed by atoms with Gasteiger partial charge in [0, 0.05) is 32.1 Å². The molecule has 0 bridgehead atoms. The number of alkyl halides is 3. The molecule has 104 valence electrons. The van der Waals surface area contributed by atoms with E-state index in [1.165, 1.54) is 0 Å². The van der Waals surface area contributed by atoms with E-state index in [9.17, 15) is 18.0 Å². The predicted octanol–water partition coefficient (Wildman–Crippen LogP) is 0.404. The van der Waals surface area contributed by atoms with Crippen LogP contribution in [-0.4, -0.2) is 35.5 Å². The molecule has 0 radical (unpaired) electrons. The summed E-state index contributed by atoms with van der Waals surface area (Å²) < 4.78 is 37.9. The van der Waals surface area contributed by atoms with Gasteiger partial charge in [-0.25, -0.2) is 4.98 Å². The second kappa shape index (κ2) is 4.90. The third-order valence-electron chi connectivity index (χ3n) is 2.66. The molecule has 0 aromatic carbocycles. The molecule has 0 atom stereocenters. The van der Waals surface area contributed by atoms with Crippen LogP contribution in [-0.2, 0) is 11.0 Å². The average molecular weight is 275 g/mol. The van der Waals surface area contributed by atoms with Crippen LogP contribution < -0.4 is 16.0 Å². The molecule has 3 N–H and O–H groups in total. The summed E-state index contributed by atoms with van der Waals surface area (Å²) in [6.45, 7) is 1.02. The Balaban J connectivity index is 2.29. The zero-order valence-corrected chi connectivity index (χ0v) is 9.87. The summed E-state index contributed by atoms with van der Waals surface area (Å²) >= 11 is 0. The molecule has 2 heterocycles. The maximum Gasteiger partial charge on any atom is 0.433 e. The Morgan fingerprint density at radius 3 is 2.74 bits per heavy atom. The fourth-order valence-corrected chi connectivity index (χ4v) is 1.76. The number of nitrogen functional groups attached to an aromatic ring is 1. The third-order valence-corrected chi connectivity index (χ3v) is 2.66. The number of nitrogens with one attached hydrogen (secondary N) is 1. The van der Waals surface area contributed by atoms with Crippen molar-refractivity contribution in [3.05, 3.63) is 11.8 Å². The van der Waals surface area contributed by atoms with E-state index >= 15 is 0 Å². The number of carbonyl (C=O) groups is 1. The van der Waals surface area contributed by atoms with Gasteiger partial charge in [-0.3, -0.25) is 4.79 Å². The lowest BCUT2D eigenvalue weighted by molar-refractivity contribution is -0.141. The van der Waals surface area contributed by atoms with E-state index in [0.717, 1.165) is 6.07 Å².